The van der Waals surface area contributed by atoms with Crippen molar-refractivity contribution in [2.24, 2.45) is 5.16 Å². The van der Waals surface area contributed by atoms with Crippen molar-refractivity contribution in [1.29, 1.82) is 0 Å². The SMILES string of the molecule is CNC(=O)N1CCCC1=NO. The summed E-state index contributed by atoms with van der Waals surface area (Å²) in [5, 5.41) is 13.9. The number of carbonyl (C=O) groups is 1. The Bertz CT molecular complexity index is 190. The molecule has 0 aromatic rings. The molecule has 1 rings (SSSR count). The van der Waals surface area contributed by atoms with Crippen LogP contribution in [0.2, 0.25) is 0 Å². The summed E-state index contributed by atoms with van der Waals surface area (Å²) in [6.07, 6.45) is 1.54. The van der Waals surface area contributed by atoms with E-state index in [1.807, 2.05) is 0 Å². The van der Waals surface area contributed by atoms with Crippen molar-refractivity contribution in [3.8, 4) is 0 Å². The second kappa shape index (κ2) is 3.23. The fourth-order valence-corrected chi connectivity index (χ4v) is 1.12. The monoisotopic (exact) mass is 157 g/mol. The quantitative estimate of drug-likeness (QED) is 0.390. The highest BCUT2D eigenvalue weighted by molar-refractivity contribution is 5.98. The molecule has 1 heterocycles. The number of likely N-dealkylation sites (tertiary alicyclic amines) is 1. The number of hydrogen-bond donors (Lipinski definition) is 2. The van der Waals surface area contributed by atoms with Crippen LogP contribution in [0.3, 0.4) is 0 Å². The van der Waals surface area contributed by atoms with E-state index in [0.29, 0.717) is 18.8 Å². The lowest BCUT2D eigenvalue weighted by Gasteiger charge is -2.13. The Labute approximate surface area is 64.7 Å². The van der Waals surface area contributed by atoms with Crippen LogP contribution in [0, 0.1) is 0 Å². The molecular formula is C6H11N3O2. The van der Waals surface area contributed by atoms with Crippen LogP contribution in [-0.2, 0) is 0 Å². The number of hydrogen-bond acceptors (Lipinski definition) is 3. The standard InChI is InChI=1S/C6H11N3O2/c1-7-6(10)9-4-2-3-5(9)8-11/h11H,2-4H2,1H3,(H,7,10). The number of rotatable bonds is 0. The van der Waals surface area contributed by atoms with Crippen LogP contribution in [0.15, 0.2) is 5.16 Å². The third-order valence-corrected chi connectivity index (χ3v) is 1.67. The lowest BCUT2D eigenvalue weighted by molar-refractivity contribution is 0.223. The summed E-state index contributed by atoms with van der Waals surface area (Å²) in [5.41, 5.74) is 0. The van der Waals surface area contributed by atoms with Crippen LogP contribution >= 0.6 is 0 Å². The molecule has 2 N–H and O–H groups in total. The van der Waals surface area contributed by atoms with Crippen molar-refractivity contribution in [3.63, 3.8) is 0 Å². The fraction of sp³-hybridized carbons (Fsp3) is 0.667. The number of carbonyl (C=O) groups excluding carboxylic acids is 1. The highest BCUT2D eigenvalue weighted by Crippen LogP contribution is 2.10. The van der Waals surface area contributed by atoms with Gasteiger partial charge in [-0.15, -0.1) is 0 Å². The molecule has 0 spiro atoms. The highest BCUT2D eigenvalue weighted by Gasteiger charge is 2.23. The van der Waals surface area contributed by atoms with Gasteiger partial charge in [0.2, 0.25) is 0 Å². The van der Waals surface area contributed by atoms with Gasteiger partial charge >= 0.3 is 6.03 Å². The van der Waals surface area contributed by atoms with Crippen molar-refractivity contribution >= 4 is 11.9 Å². The van der Waals surface area contributed by atoms with E-state index < -0.39 is 0 Å². The van der Waals surface area contributed by atoms with Crippen LogP contribution in [0.4, 0.5) is 4.79 Å². The van der Waals surface area contributed by atoms with Crippen molar-refractivity contribution < 1.29 is 10.0 Å². The minimum atomic E-state index is -0.213. The summed E-state index contributed by atoms with van der Waals surface area (Å²) >= 11 is 0. The molecule has 0 aromatic carbocycles. The average Bonchev–Trinajstić information content (AvgIpc) is 2.50. The van der Waals surface area contributed by atoms with Crippen LogP contribution in [0.5, 0.6) is 0 Å². The lowest BCUT2D eigenvalue weighted by Crippen LogP contribution is -2.38. The zero-order valence-corrected chi connectivity index (χ0v) is 6.37. The van der Waals surface area contributed by atoms with Gasteiger partial charge in [0.15, 0.2) is 5.84 Å². The molecule has 62 valence electrons. The molecule has 5 nitrogen and oxygen atoms in total. The van der Waals surface area contributed by atoms with E-state index in [-0.39, 0.29) is 6.03 Å². The molecule has 0 saturated carbocycles. The maximum Gasteiger partial charge on any atom is 0.322 e. The average molecular weight is 157 g/mol. The van der Waals surface area contributed by atoms with Crippen LogP contribution in [0.25, 0.3) is 0 Å². The van der Waals surface area contributed by atoms with E-state index in [2.05, 4.69) is 10.5 Å². The zero-order valence-electron chi connectivity index (χ0n) is 6.37. The van der Waals surface area contributed by atoms with Gasteiger partial charge in [-0.05, 0) is 6.42 Å². The topological polar surface area (TPSA) is 64.9 Å². The third-order valence-electron chi connectivity index (χ3n) is 1.67. The first kappa shape index (κ1) is 7.84. The summed E-state index contributed by atoms with van der Waals surface area (Å²) in [6.45, 7) is 0.638. The first-order valence-corrected chi connectivity index (χ1v) is 3.49. The number of oxime groups is 1. The molecule has 0 aliphatic carbocycles. The molecule has 0 atom stereocenters. The van der Waals surface area contributed by atoms with Crippen LogP contribution < -0.4 is 5.32 Å². The minimum Gasteiger partial charge on any atom is -0.409 e. The molecule has 0 bridgehead atoms. The molecule has 2 amide bonds. The van der Waals surface area contributed by atoms with Crippen LogP contribution in [-0.4, -0.2) is 35.6 Å². The molecule has 5 heteroatoms. The fourth-order valence-electron chi connectivity index (χ4n) is 1.12. The summed E-state index contributed by atoms with van der Waals surface area (Å²) in [7, 11) is 1.55. The Balaban J connectivity index is 2.64. The van der Waals surface area contributed by atoms with Gasteiger partial charge < -0.3 is 10.5 Å². The van der Waals surface area contributed by atoms with Gasteiger partial charge in [0.25, 0.3) is 0 Å². The number of amidine groups is 1. The normalized spacial score (nSPS) is 20.8. The van der Waals surface area contributed by atoms with Crippen molar-refractivity contribution in [2.75, 3.05) is 13.6 Å². The van der Waals surface area contributed by atoms with Gasteiger partial charge in [0.05, 0.1) is 0 Å². The summed E-state index contributed by atoms with van der Waals surface area (Å²) in [4.78, 5) is 12.4. The van der Waals surface area contributed by atoms with Crippen molar-refractivity contribution in [1.82, 2.24) is 10.2 Å². The largest absolute Gasteiger partial charge is 0.409 e. The second-order valence-electron chi connectivity index (χ2n) is 2.33. The van der Waals surface area contributed by atoms with Crippen molar-refractivity contribution in [3.05, 3.63) is 0 Å². The van der Waals surface area contributed by atoms with Gasteiger partial charge in [0.1, 0.15) is 0 Å². The first-order valence-electron chi connectivity index (χ1n) is 3.49. The minimum absolute atomic E-state index is 0.213. The molecule has 1 aliphatic rings. The Hall–Kier alpha value is -1.26. The predicted octanol–water partition coefficient (Wildman–Crippen LogP) is 0.209. The maximum absolute atomic E-state index is 11.0. The van der Waals surface area contributed by atoms with E-state index in [9.17, 15) is 4.79 Å². The molecule has 1 saturated heterocycles. The third kappa shape index (κ3) is 1.42. The molecular weight excluding hydrogens is 146 g/mol. The molecule has 11 heavy (non-hydrogen) atoms. The molecule has 0 radical (unpaired) electrons. The second-order valence-corrected chi connectivity index (χ2v) is 2.33. The number of nitrogens with one attached hydrogen (secondary N) is 1. The van der Waals surface area contributed by atoms with Gasteiger partial charge in [-0.2, -0.15) is 0 Å². The first-order chi connectivity index (χ1) is 5.29. The molecule has 0 aromatic heterocycles. The van der Waals surface area contributed by atoms with Gasteiger partial charge in [-0.25, -0.2) is 4.79 Å². The van der Waals surface area contributed by atoms with Crippen molar-refractivity contribution in [2.45, 2.75) is 12.8 Å². The molecule has 0 unspecified atom stereocenters. The van der Waals surface area contributed by atoms with Gasteiger partial charge in [-0.1, -0.05) is 5.16 Å². The van der Waals surface area contributed by atoms with E-state index in [0.717, 1.165) is 6.42 Å². The molecule has 1 aliphatic heterocycles. The Morgan fingerprint density at radius 3 is 3.09 bits per heavy atom. The number of nitrogens with zero attached hydrogens (tertiary/aromatic N) is 2. The molecule has 1 fully saturated rings. The van der Waals surface area contributed by atoms with E-state index in [1.54, 1.807) is 7.05 Å². The predicted molar refractivity (Wildman–Crippen MR) is 39.6 cm³/mol. The van der Waals surface area contributed by atoms with Gasteiger partial charge in [-0.3, -0.25) is 4.90 Å². The van der Waals surface area contributed by atoms with Crippen LogP contribution in [0.1, 0.15) is 12.8 Å². The van der Waals surface area contributed by atoms with E-state index >= 15 is 0 Å². The zero-order chi connectivity index (χ0) is 8.27. The summed E-state index contributed by atoms with van der Waals surface area (Å²) in [6, 6.07) is -0.213. The summed E-state index contributed by atoms with van der Waals surface area (Å²) in [5.74, 6) is 0.448. The van der Waals surface area contributed by atoms with E-state index in [1.165, 1.54) is 4.90 Å². The van der Waals surface area contributed by atoms with Gasteiger partial charge in [0, 0.05) is 20.0 Å². The van der Waals surface area contributed by atoms with E-state index in [4.69, 9.17) is 5.21 Å². The Morgan fingerprint density at radius 2 is 2.55 bits per heavy atom. The lowest BCUT2D eigenvalue weighted by atomic mass is 10.4. The number of urea groups is 1. The Morgan fingerprint density at radius 1 is 1.82 bits per heavy atom. The Kier molecular flexibility index (Phi) is 2.30. The summed E-state index contributed by atoms with van der Waals surface area (Å²) < 4.78 is 0. The highest BCUT2D eigenvalue weighted by atomic mass is 16.4. The smallest absolute Gasteiger partial charge is 0.322 e. The maximum atomic E-state index is 11.0. The number of amides is 2.